The van der Waals surface area contributed by atoms with Crippen molar-refractivity contribution in [3.05, 3.63) is 46.3 Å². The monoisotopic (exact) mass is 439 g/mol. The van der Waals surface area contributed by atoms with E-state index in [4.69, 9.17) is 14.0 Å². The van der Waals surface area contributed by atoms with Gasteiger partial charge in [0.05, 0.1) is 26.0 Å². The van der Waals surface area contributed by atoms with E-state index in [2.05, 4.69) is 40.1 Å². The summed E-state index contributed by atoms with van der Waals surface area (Å²) in [6, 6.07) is 6.71. The molecule has 2 aliphatic heterocycles. The first-order valence-corrected chi connectivity index (χ1v) is 12.3. The molecule has 0 bridgehead atoms. The van der Waals surface area contributed by atoms with Crippen molar-refractivity contribution in [1.82, 2.24) is 15.0 Å². The van der Waals surface area contributed by atoms with Crippen LogP contribution in [0.2, 0.25) is 0 Å². The van der Waals surface area contributed by atoms with Crippen molar-refractivity contribution in [2.75, 3.05) is 46.5 Å². The van der Waals surface area contributed by atoms with Gasteiger partial charge in [0.25, 0.3) is 0 Å². The van der Waals surface area contributed by atoms with Crippen LogP contribution in [-0.4, -0.2) is 61.5 Å². The van der Waals surface area contributed by atoms with Crippen LogP contribution in [0, 0.1) is 5.92 Å². The summed E-state index contributed by atoms with van der Waals surface area (Å²) in [5.74, 6) is 3.37. The van der Waals surface area contributed by atoms with Gasteiger partial charge in [-0.25, -0.2) is 0 Å². The summed E-state index contributed by atoms with van der Waals surface area (Å²) >= 11 is 0. The van der Waals surface area contributed by atoms with Crippen LogP contribution in [0.15, 0.2) is 22.7 Å². The Labute approximate surface area is 191 Å². The second kappa shape index (κ2) is 9.94. The van der Waals surface area contributed by atoms with Crippen molar-refractivity contribution in [2.45, 2.75) is 58.0 Å². The van der Waals surface area contributed by atoms with Crippen molar-refractivity contribution in [3.8, 4) is 5.75 Å². The molecular formula is C26H37N3O3. The number of methoxy groups -OCH3 is 1. The van der Waals surface area contributed by atoms with Gasteiger partial charge in [-0.3, -0.25) is 9.80 Å². The average Bonchev–Trinajstić information content (AvgIpc) is 3.23. The van der Waals surface area contributed by atoms with E-state index in [1.54, 1.807) is 7.11 Å². The van der Waals surface area contributed by atoms with E-state index in [-0.39, 0.29) is 0 Å². The third kappa shape index (κ3) is 4.87. The van der Waals surface area contributed by atoms with Gasteiger partial charge in [-0.15, -0.1) is 0 Å². The lowest BCUT2D eigenvalue weighted by Crippen LogP contribution is -2.36. The first kappa shape index (κ1) is 21.9. The minimum Gasteiger partial charge on any atom is -0.496 e. The number of hydrogen-bond acceptors (Lipinski definition) is 6. The van der Waals surface area contributed by atoms with Gasteiger partial charge in [-0.2, -0.15) is 0 Å². The second-order valence-electron chi connectivity index (χ2n) is 9.93. The van der Waals surface area contributed by atoms with Crippen molar-refractivity contribution >= 4 is 0 Å². The summed E-state index contributed by atoms with van der Waals surface area (Å²) < 4.78 is 17.1. The molecule has 2 aromatic rings. The lowest BCUT2D eigenvalue weighted by molar-refractivity contribution is 0.0338. The fourth-order valence-electron chi connectivity index (χ4n) is 5.65. The number of hydrogen-bond donors (Lipinski definition) is 0. The Hall–Kier alpha value is -1.89. The highest BCUT2D eigenvalue weighted by Crippen LogP contribution is 2.36. The molecule has 1 aromatic heterocycles. The van der Waals surface area contributed by atoms with Crippen molar-refractivity contribution < 1.29 is 14.0 Å². The number of likely N-dealkylation sites (tertiary alicyclic amines) is 1. The van der Waals surface area contributed by atoms with E-state index >= 15 is 0 Å². The Kier molecular flexibility index (Phi) is 6.81. The number of benzene rings is 1. The zero-order chi connectivity index (χ0) is 21.9. The highest BCUT2D eigenvalue weighted by Gasteiger charge is 2.31. The van der Waals surface area contributed by atoms with Crippen molar-refractivity contribution in [2.24, 2.45) is 5.92 Å². The molecule has 3 heterocycles. The molecule has 174 valence electrons. The molecule has 0 amide bonds. The summed E-state index contributed by atoms with van der Waals surface area (Å²) in [5.41, 5.74) is 5.28. The lowest BCUT2D eigenvalue weighted by Gasteiger charge is -2.32. The Morgan fingerprint density at radius 2 is 1.97 bits per heavy atom. The van der Waals surface area contributed by atoms with Gasteiger partial charge in [0, 0.05) is 49.8 Å². The second-order valence-corrected chi connectivity index (χ2v) is 9.93. The summed E-state index contributed by atoms with van der Waals surface area (Å²) in [6.07, 6.45) is 5.87. The molecule has 0 spiro atoms. The Morgan fingerprint density at radius 3 is 2.81 bits per heavy atom. The summed E-state index contributed by atoms with van der Waals surface area (Å²) in [7, 11) is 1.77. The van der Waals surface area contributed by atoms with Crippen LogP contribution in [0.25, 0.3) is 0 Å². The van der Waals surface area contributed by atoms with Crippen LogP contribution in [0.3, 0.4) is 0 Å². The van der Waals surface area contributed by atoms with Gasteiger partial charge in [-0.1, -0.05) is 18.1 Å². The maximum Gasteiger partial charge on any atom is 0.144 e. The third-order valence-corrected chi connectivity index (χ3v) is 7.45. The maximum atomic E-state index is 5.93. The van der Waals surface area contributed by atoms with Crippen LogP contribution in [0.4, 0.5) is 0 Å². The molecule has 1 aromatic carbocycles. The number of fused-ring (bicyclic) bond motifs is 1. The minimum absolute atomic E-state index is 0.469. The Balaban J connectivity index is 1.27. The molecule has 6 nitrogen and oxygen atoms in total. The first-order valence-electron chi connectivity index (χ1n) is 12.3. The fourth-order valence-corrected chi connectivity index (χ4v) is 5.65. The van der Waals surface area contributed by atoms with Gasteiger partial charge in [0.15, 0.2) is 0 Å². The molecule has 3 aliphatic rings. The highest BCUT2D eigenvalue weighted by molar-refractivity contribution is 5.37. The van der Waals surface area contributed by atoms with Crippen LogP contribution in [0.1, 0.15) is 60.2 Å². The van der Waals surface area contributed by atoms with E-state index < -0.39 is 0 Å². The summed E-state index contributed by atoms with van der Waals surface area (Å²) in [4.78, 5) is 5.05. The predicted molar refractivity (Wildman–Crippen MR) is 124 cm³/mol. The van der Waals surface area contributed by atoms with Crippen molar-refractivity contribution in [1.29, 1.82) is 0 Å². The molecular weight excluding hydrogens is 402 g/mol. The van der Waals surface area contributed by atoms with Crippen LogP contribution in [-0.2, 0) is 30.7 Å². The standard InChI is InChI=1S/C26H37N3O3/c1-19-5-7-24-23(14-19)26(32-27-24)21-4-3-9-29(17-21)16-20-6-8-25(30-2)22(15-20)18-28-10-12-31-13-11-28/h6,8,15,19,21H,3-5,7,9-14,16-18H2,1-2H3/t19-,21+/m1/s1. The van der Waals surface area contributed by atoms with Crippen LogP contribution < -0.4 is 4.74 Å². The van der Waals surface area contributed by atoms with E-state index in [1.165, 1.54) is 47.4 Å². The third-order valence-electron chi connectivity index (χ3n) is 7.45. The molecule has 1 aliphatic carbocycles. The summed E-state index contributed by atoms with van der Waals surface area (Å²) in [5, 5.41) is 4.44. The maximum absolute atomic E-state index is 5.93. The first-order chi connectivity index (χ1) is 15.7. The van der Waals surface area contributed by atoms with E-state index in [0.717, 1.165) is 77.0 Å². The fraction of sp³-hybridized carbons (Fsp3) is 0.654. The topological polar surface area (TPSA) is 51.0 Å². The number of morpholine rings is 1. The SMILES string of the molecule is COc1ccc(CN2CCC[C@H](c3onc4c3C[C@H](C)CC4)C2)cc1CN1CCOCC1. The van der Waals surface area contributed by atoms with Gasteiger partial charge >= 0.3 is 0 Å². The molecule has 32 heavy (non-hydrogen) atoms. The minimum atomic E-state index is 0.469. The van der Waals surface area contributed by atoms with Crippen LogP contribution in [0.5, 0.6) is 5.75 Å². The molecule has 6 heteroatoms. The zero-order valence-corrected chi connectivity index (χ0v) is 19.6. The Bertz CT molecular complexity index is 906. The number of ether oxygens (including phenoxy) is 2. The van der Waals surface area contributed by atoms with Gasteiger partial charge in [-0.05, 0) is 62.3 Å². The number of piperidine rings is 1. The lowest BCUT2D eigenvalue weighted by atomic mass is 9.84. The molecule has 0 saturated carbocycles. The molecule has 2 fully saturated rings. The average molecular weight is 440 g/mol. The zero-order valence-electron chi connectivity index (χ0n) is 19.6. The number of nitrogens with zero attached hydrogens (tertiary/aromatic N) is 3. The molecule has 0 radical (unpaired) electrons. The largest absolute Gasteiger partial charge is 0.496 e. The Morgan fingerprint density at radius 1 is 1.09 bits per heavy atom. The number of aromatic nitrogens is 1. The highest BCUT2D eigenvalue weighted by atomic mass is 16.5. The summed E-state index contributed by atoms with van der Waals surface area (Å²) in [6.45, 7) is 10.1. The predicted octanol–water partition coefficient (Wildman–Crippen LogP) is 4.02. The smallest absolute Gasteiger partial charge is 0.144 e. The molecule has 5 rings (SSSR count). The normalized spacial score (nSPS) is 24.9. The molecule has 0 N–H and O–H groups in total. The molecule has 2 atom stereocenters. The van der Waals surface area contributed by atoms with E-state index in [0.29, 0.717) is 5.92 Å². The van der Waals surface area contributed by atoms with Gasteiger partial charge in [0.2, 0.25) is 0 Å². The van der Waals surface area contributed by atoms with Gasteiger partial charge < -0.3 is 14.0 Å². The van der Waals surface area contributed by atoms with Crippen LogP contribution >= 0.6 is 0 Å². The van der Waals surface area contributed by atoms with Crippen molar-refractivity contribution in [3.63, 3.8) is 0 Å². The van der Waals surface area contributed by atoms with E-state index in [1.807, 2.05) is 0 Å². The molecule has 2 saturated heterocycles. The molecule has 0 unspecified atom stereocenters. The number of rotatable bonds is 6. The quantitative estimate of drug-likeness (QED) is 0.678. The number of aryl methyl sites for hydroxylation is 1. The van der Waals surface area contributed by atoms with E-state index in [9.17, 15) is 0 Å². The van der Waals surface area contributed by atoms with Gasteiger partial charge in [0.1, 0.15) is 11.5 Å².